The van der Waals surface area contributed by atoms with Crippen LogP contribution in [0.2, 0.25) is 0 Å². The lowest BCUT2D eigenvalue weighted by molar-refractivity contribution is -0.123. The van der Waals surface area contributed by atoms with Gasteiger partial charge in [0.25, 0.3) is 5.92 Å². The second-order valence-corrected chi connectivity index (χ2v) is 6.68. The molecule has 108 valence electrons. The summed E-state index contributed by atoms with van der Waals surface area (Å²) in [4.78, 5) is 11.5. The summed E-state index contributed by atoms with van der Waals surface area (Å²) in [5.41, 5.74) is 0. The second-order valence-electron chi connectivity index (χ2n) is 4.50. The van der Waals surface area contributed by atoms with E-state index in [2.05, 4.69) is 10.6 Å². The highest BCUT2D eigenvalue weighted by Gasteiger charge is 2.42. The summed E-state index contributed by atoms with van der Waals surface area (Å²) in [7, 11) is -3.20. The van der Waals surface area contributed by atoms with Gasteiger partial charge in [-0.25, -0.2) is 17.2 Å². The van der Waals surface area contributed by atoms with Crippen LogP contribution in [0.1, 0.15) is 13.3 Å². The second kappa shape index (κ2) is 6.12. The van der Waals surface area contributed by atoms with Gasteiger partial charge in [-0.3, -0.25) is 10.1 Å². The van der Waals surface area contributed by atoms with Crippen LogP contribution in [0.25, 0.3) is 0 Å². The van der Waals surface area contributed by atoms with Crippen molar-refractivity contribution < 1.29 is 22.0 Å². The molecule has 0 spiro atoms. The Hall–Kier alpha value is -0.470. The van der Waals surface area contributed by atoms with E-state index in [1.54, 1.807) is 0 Å². The Bertz CT molecular complexity index is 403. The molecule has 18 heavy (non-hydrogen) atoms. The highest BCUT2D eigenvalue weighted by atomic mass is 35.5. The molecule has 0 radical (unpaired) electrons. The lowest BCUT2D eigenvalue weighted by Crippen LogP contribution is -2.46. The van der Waals surface area contributed by atoms with Crippen molar-refractivity contribution in [2.75, 3.05) is 18.6 Å². The fourth-order valence-corrected chi connectivity index (χ4v) is 2.73. The van der Waals surface area contributed by atoms with Gasteiger partial charge in [0.1, 0.15) is 9.84 Å². The molecule has 1 fully saturated rings. The maximum atomic E-state index is 12.8. The number of hydrogen-bond donors (Lipinski definition) is 2. The van der Waals surface area contributed by atoms with E-state index < -0.39 is 46.7 Å². The lowest BCUT2D eigenvalue weighted by atomic mass is 10.2. The smallest absolute Gasteiger partial charge is 0.262 e. The molecule has 0 bridgehead atoms. The van der Waals surface area contributed by atoms with E-state index in [1.165, 1.54) is 6.92 Å². The molecule has 2 unspecified atom stereocenters. The number of carbonyl (C=O) groups is 1. The summed E-state index contributed by atoms with van der Waals surface area (Å²) in [6.07, 6.45) is 0.502. The molecule has 1 rings (SSSR count). The number of carbonyl (C=O) groups excluding carboxylic acids is 1. The van der Waals surface area contributed by atoms with Crippen LogP contribution in [0.3, 0.4) is 0 Å². The first-order valence-electron chi connectivity index (χ1n) is 5.18. The average Bonchev–Trinajstić information content (AvgIpc) is 2.42. The quantitative estimate of drug-likeness (QED) is 0.764. The molecule has 1 aliphatic heterocycles. The minimum absolute atomic E-state index is 0. The highest BCUT2D eigenvalue weighted by molar-refractivity contribution is 7.90. The zero-order valence-electron chi connectivity index (χ0n) is 10.1. The van der Waals surface area contributed by atoms with Gasteiger partial charge < -0.3 is 5.32 Å². The number of sulfone groups is 1. The van der Waals surface area contributed by atoms with Crippen molar-refractivity contribution >= 4 is 28.2 Å². The molecular weight excluding hydrogens is 290 g/mol. The Labute approximate surface area is 111 Å². The third-order valence-corrected chi connectivity index (χ3v) is 3.47. The van der Waals surface area contributed by atoms with E-state index in [1.807, 2.05) is 0 Å². The Morgan fingerprint density at radius 1 is 1.56 bits per heavy atom. The summed E-state index contributed by atoms with van der Waals surface area (Å²) in [5, 5.41) is 4.81. The molecular formula is C9H17ClF2N2O3S. The van der Waals surface area contributed by atoms with Crippen LogP contribution in [0, 0.1) is 0 Å². The minimum atomic E-state index is -3.20. The molecule has 0 aromatic rings. The van der Waals surface area contributed by atoms with Crippen molar-refractivity contribution in [2.45, 2.75) is 31.4 Å². The van der Waals surface area contributed by atoms with Crippen LogP contribution < -0.4 is 10.6 Å². The number of nitrogens with one attached hydrogen (secondary N) is 2. The molecule has 0 aromatic carbocycles. The molecule has 1 aliphatic rings. The number of rotatable bonds is 4. The summed E-state index contributed by atoms with van der Waals surface area (Å²) in [6.45, 7) is 0.998. The predicted octanol–water partition coefficient (Wildman–Crippen LogP) is -0.0453. The first-order chi connectivity index (χ1) is 7.59. The van der Waals surface area contributed by atoms with Crippen molar-refractivity contribution in [2.24, 2.45) is 0 Å². The number of halogens is 3. The highest BCUT2D eigenvalue weighted by Crippen LogP contribution is 2.25. The van der Waals surface area contributed by atoms with Crippen LogP contribution in [-0.4, -0.2) is 50.9 Å². The van der Waals surface area contributed by atoms with E-state index >= 15 is 0 Å². The Balaban J connectivity index is 0.00000289. The van der Waals surface area contributed by atoms with Gasteiger partial charge in [0.05, 0.1) is 18.3 Å². The molecule has 2 N–H and O–H groups in total. The molecule has 1 heterocycles. The standard InChI is InChI=1S/C9H16F2N2O3S.ClH/c1-6(4-17(2,15)16)13-8(14)7-3-9(10,11)5-12-7;/h6-7,12H,3-5H2,1-2H3,(H,13,14);1H. The Kier molecular flexibility index (Phi) is 5.96. The molecule has 9 heteroatoms. The van der Waals surface area contributed by atoms with Crippen molar-refractivity contribution in [3.05, 3.63) is 0 Å². The van der Waals surface area contributed by atoms with Crippen LogP contribution in [-0.2, 0) is 14.6 Å². The van der Waals surface area contributed by atoms with E-state index in [0.29, 0.717) is 0 Å². The number of alkyl halides is 2. The number of amides is 1. The summed E-state index contributed by atoms with van der Waals surface area (Å²) in [5.74, 6) is -3.66. The van der Waals surface area contributed by atoms with Crippen molar-refractivity contribution in [3.63, 3.8) is 0 Å². The van der Waals surface area contributed by atoms with Crippen molar-refractivity contribution in [1.82, 2.24) is 10.6 Å². The maximum Gasteiger partial charge on any atom is 0.262 e. The zero-order valence-corrected chi connectivity index (χ0v) is 11.7. The topological polar surface area (TPSA) is 75.3 Å². The molecule has 0 saturated carbocycles. The predicted molar refractivity (Wildman–Crippen MR) is 65.9 cm³/mol. The van der Waals surface area contributed by atoms with Crippen LogP contribution in [0.15, 0.2) is 0 Å². The van der Waals surface area contributed by atoms with E-state index in [-0.39, 0.29) is 18.2 Å². The average molecular weight is 307 g/mol. The van der Waals surface area contributed by atoms with E-state index in [0.717, 1.165) is 6.26 Å². The summed E-state index contributed by atoms with van der Waals surface area (Å²) >= 11 is 0. The van der Waals surface area contributed by atoms with Crippen LogP contribution in [0.4, 0.5) is 8.78 Å². The summed E-state index contributed by atoms with van der Waals surface area (Å²) < 4.78 is 47.6. The largest absolute Gasteiger partial charge is 0.351 e. The Morgan fingerprint density at radius 2 is 2.11 bits per heavy atom. The van der Waals surface area contributed by atoms with E-state index in [9.17, 15) is 22.0 Å². The molecule has 1 amide bonds. The van der Waals surface area contributed by atoms with Crippen molar-refractivity contribution in [1.29, 1.82) is 0 Å². The molecule has 5 nitrogen and oxygen atoms in total. The SMILES string of the molecule is CC(CS(C)(=O)=O)NC(=O)C1CC(F)(F)CN1.Cl. The van der Waals surface area contributed by atoms with Crippen molar-refractivity contribution in [3.8, 4) is 0 Å². The molecule has 0 aliphatic carbocycles. The van der Waals surface area contributed by atoms with Gasteiger partial charge in [-0.15, -0.1) is 12.4 Å². The lowest BCUT2D eigenvalue weighted by Gasteiger charge is -2.16. The monoisotopic (exact) mass is 306 g/mol. The van der Waals surface area contributed by atoms with Gasteiger partial charge in [0, 0.05) is 18.7 Å². The fraction of sp³-hybridized carbons (Fsp3) is 0.889. The maximum absolute atomic E-state index is 12.8. The number of hydrogen-bond acceptors (Lipinski definition) is 4. The van der Waals surface area contributed by atoms with Crippen LogP contribution >= 0.6 is 12.4 Å². The molecule has 1 saturated heterocycles. The Morgan fingerprint density at radius 3 is 2.50 bits per heavy atom. The fourth-order valence-electron chi connectivity index (χ4n) is 1.74. The molecule has 2 atom stereocenters. The third kappa shape index (κ3) is 5.92. The summed E-state index contributed by atoms with van der Waals surface area (Å²) in [6, 6.07) is -1.54. The first-order valence-corrected chi connectivity index (χ1v) is 7.24. The molecule has 0 aromatic heterocycles. The van der Waals surface area contributed by atoms with Gasteiger partial charge in [-0.2, -0.15) is 0 Å². The van der Waals surface area contributed by atoms with Gasteiger partial charge >= 0.3 is 0 Å². The van der Waals surface area contributed by atoms with E-state index in [4.69, 9.17) is 0 Å². The normalized spacial score (nSPS) is 24.1. The minimum Gasteiger partial charge on any atom is -0.351 e. The van der Waals surface area contributed by atoms with Gasteiger partial charge in [-0.05, 0) is 6.92 Å². The first kappa shape index (κ1) is 17.5. The van der Waals surface area contributed by atoms with Crippen LogP contribution in [0.5, 0.6) is 0 Å². The van der Waals surface area contributed by atoms with Gasteiger partial charge in [0.2, 0.25) is 5.91 Å². The van der Waals surface area contributed by atoms with Gasteiger partial charge in [-0.1, -0.05) is 0 Å². The third-order valence-electron chi connectivity index (χ3n) is 2.37. The zero-order chi connectivity index (χ0) is 13.3. The van der Waals surface area contributed by atoms with Gasteiger partial charge in [0.15, 0.2) is 0 Å².